The van der Waals surface area contributed by atoms with Crippen molar-refractivity contribution in [2.45, 2.75) is 37.7 Å². The molecule has 0 fully saturated rings. The molecule has 1 unspecified atom stereocenters. The Morgan fingerprint density at radius 2 is 1.92 bits per heavy atom. The molecule has 1 heterocycles. The van der Waals surface area contributed by atoms with Crippen LogP contribution in [0.3, 0.4) is 0 Å². The molecule has 2 rings (SSSR count). The summed E-state index contributed by atoms with van der Waals surface area (Å²) in [6.07, 6.45) is 0. The number of thioether (sulfide) groups is 1. The van der Waals surface area contributed by atoms with E-state index in [0.29, 0.717) is 17.6 Å². The van der Waals surface area contributed by atoms with Crippen LogP contribution in [0.1, 0.15) is 27.3 Å². The average Bonchev–Trinajstić information content (AvgIpc) is 2.90. The third-order valence-electron chi connectivity index (χ3n) is 3.32. The Morgan fingerprint density at radius 3 is 2.56 bits per heavy atom. The van der Waals surface area contributed by atoms with E-state index < -0.39 is 23.7 Å². The van der Waals surface area contributed by atoms with Gasteiger partial charge in [-0.05, 0) is 25.0 Å². The summed E-state index contributed by atoms with van der Waals surface area (Å²) < 4.78 is 27.5. The quantitative estimate of drug-likeness (QED) is 0.764. The van der Waals surface area contributed by atoms with E-state index >= 15 is 0 Å². The second-order valence-electron chi connectivity index (χ2n) is 5.88. The smallest absolute Gasteiger partial charge is 0.321 e. The van der Waals surface area contributed by atoms with Crippen molar-refractivity contribution in [2.24, 2.45) is 5.92 Å². The number of urea groups is 1. The molecule has 0 spiro atoms. The van der Waals surface area contributed by atoms with Crippen molar-refractivity contribution in [2.75, 3.05) is 6.54 Å². The molecular formula is C16H20F2N4O2S. The van der Waals surface area contributed by atoms with Crippen LogP contribution in [0.15, 0.2) is 29.4 Å². The third-order valence-corrected chi connectivity index (χ3v) is 4.38. The monoisotopic (exact) mass is 370 g/mol. The number of aromatic nitrogens is 2. The Bertz CT molecular complexity index is 764. The first-order valence-corrected chi connectivity index (χ1v) is 8.68. The molecule has 136 valence electrons. The van der Waals surface area contributed by atoms with Gasteiger partial charge in [-0.15, -0.1) is 0 Å². The van der Waals surface area contributed by atoms with Gasteiger partial charge in [0.25, 0.3) is 0 Å². The van der Waals surface area contributed by atoms with Crippen molar-refractivity contribution in [3.63, 3.8) is 0 Å². The van der Waals surface area contributed by atoms with Gasteiger partial charge in [-0.25, -0.2) is 9.78 Å². The first kappa shape index (κ1) is 19.2. The van der Waals surface area contributed by atoms with E-state index in [4.69, 9.17) is 0 Å². The van der Waals surface area contributed by atoms with Gasteiger partial charge in [0.15, 0.2) is 5.16 Å². The number of rotatable bonds is 6. The first-order valence-electron chi connectivity index (χ1n) is 7.80. The minimum Gasteiger partial charge on any atom is -0.338 e. The van der Waals surface area contributed by atoms with Gasteiger partial charge in [0.2, 0.25) is 5.91 Å². The van der Waals surface area contributed by atoms with E-state index in [9.17, 15) is 18.4 Å². The molecule has 0 aliphatic heterocycles. The summed E-state index contributed by atoms with van der Waals surface area (Å²) in [6.45, 7) is 3.04. The van der Waals surface area contributed by atoms with Gasteiger partial charge < -0.3 is 5.32 Å². The van der Waals surface area contributed by atoms with Crippen LogP contribution in [0, 0.1) is 5.92 Å². The number of imidazole rings is 1. The number of nitrogens with one attached hydrogen (secondary N) is 2. The third kappa shape index (κ3) is 4.91. The second kappa shape index (κ2) is 8.28. The number of benzene rings is 1. The number of carbonyl (C=O) groups excluding carboxylic acids is 2. The standard InChI is InChI=1S/C16H20F2N4O2S/c1-9(2)8-19-15(24)21-13(23)10(3)25-16-20-11-6-4-5-7-12(11)22(16)14(17)18/h4-7,9-10,14H,8H2,1-3H3,(H2,19,21,23,24). The molecule has 9 heteroatoms. The van der Waals surface area contributed by atoms with Crippen molar-refractivity contribution >= 4 is 34.7 Å². The molecule has 2 aromatic rings. The van der Waals surface area contributed by atoms with Crippen LogP contribution in [0.25, 0.3) is 11.0 Å². The number of hydrogen-bond donors (Lipinski definition) is 2. The molecule has 1 aromatic carbocycles. The topological polar surface area (TPSA) is 76.0 Å². The number of para-hydroxylation sites is 2. The summed E-state index contributed by atoms with van der Waals surface area (Å²) in [5.74, 6) is -0.322. The van der Waals surface area contributed by atoms with Crippen LogP contribution in [-0.2, 0) is 4.79 Å². The van der Waals surface area contributed by atoms with Gasteiger partial charge in [0.05, 0.1) is 16.3 Å². The van der Waals surface area contributed by atoms with Crippen LogP contribution in [0.4, 0.5) is 13.6 Å². The van der Waals surface area contributed by atoms with E-state index in [1.807, 2.05) is 13.8 Å². The van der Waals surface area contributed by atoms with E-state index in [0.717, 1.165) is 16.3 Å². The van der Waals surface area contributed by atoms with Gasteiger partial charge in [-0.2, -0.15) is 8.78 Å². The summed E-state index contributed by atoms with van der Waals surface area (Å²) in [5.41, 5.74) is 0.717. The first-order chi connectivity index (χ1) is 11.8. The zero-order valence-electron chi connectivity index (χ0n) is 14.1. The summed E-state index contributed by atoms with van der Waals surface area (Å²) in [7, 11) is 0. The number of alkyl halides is 2. The Labute approximate surface area is 148 Å². The van der Waals surface area contributed by atoms with Gasteiger partial charge in [0, 0.05) is 6.54 Å². The lowest BCUT2D eigenvalue weighted by molar-refractivity contribution is -0.119. The fraction of sp³-hybridized carbons (Fsp3) is 0.438. The molecule has 0 bridgehead atoms. The number of amides is 3. The van der Waals surface area contributed by atoms with Crippen LogP contribution >= 0.6 is 11.8 Å². The van der Waals surface area contributed by atoms with E-state index in [1.54, 1.807) is 24.3 Å². The highest BCUT2D eigenvalue weighted by atomic mass is 32.2. The maximum atomic E-state index is 13.4. The summed E-state index contributed by atoms with van der Waals surface area (Å²) in [6, 6.07) is 5.92. The zero-order chi connectivity index (χ0) is 18.6. The number of nitrogens with zero attached hydrogens (tertiary/aromatic N) is 2. The Balaban J connectivity index is 2.08. The Morgan fingerprint density at radius 1 is 1.24 bits per heavy atom. The molecule has 6 nitrogen and oxygen atoms in total. The Hall–Kier alpha value is -2.16. The molecule has 2 N–H and O–H groups in total. The number of hydrogen-bond acceptors (Lipinski definition) is 4. The lowest BCUT2D eigenvalue weighted by atomic mass is 10.2. The molecule has 1 aromatic heterocycles. The van der Waals surface area contributed by atoms with Crippen molar-refractivity contribution < 1.29 is 18.4 Å². The highest BCUT2D eigenvalue weighted by Gasteiger charge is 2.23. The molecule has 3 amide bonds. The average molecular weight is 370 g/mol. The van der Waals surface area contributed by atoms with Crippen molar-refractivity contribution in [1.29, 1.82) is 0 Å². The molecule has 0 aliphatic rings. The fourth-order valence-corrected chi connectivity index (χ4v) is 2.99. The summed E-state index contributed by atoms with van der Waals surface area (Å²) in [5, 5.41) is 4.03. The van der Waals surface area contributed by atoms with E-state index in [-0.39, 0.29) is 11.1 Å². The van der Waals surface area contributed by atoms with E-state index in [1.165, 1.54) is 6.92 Å². The maximum Gasteiger partial charge on any atom is 0.321 e. The van der Waals surface area contributed by atoms with Crippen LogP contribution in [0.5, 0.6) is 0 Å². The highest BCUT2D eigenvalue weighted by Crippen LogP contribution is 2.31. The maximum absolute atomic E-state index is 13.4. The normalized spacial score (nSPS) is 12.6. The van der Waals surface area contributed by atoms with Crippen LogP contribution in [-0.4, -0.2) is 33.3 Å². The molecule has 1 atom stereocenters. The fourth-order valence-electron chi connectivity index (χ4n) is 2.06. The van der Waals surface area contributed by atoms with Crippen LogP contribution < -0.4 is 10.6 Å². The largest absolute Gasteiger partial charge is 0.338 e. The van der Waals surface area contributed by atoms with Gasteiger partial charge in [0.1, 0.15) is 0 Å². The SMILES string of the molecule is CC(C)CNC(=O)NC(=O)C(C)Sc1nc2ccccc2n1C(F)F. The van der Waals surface area contributed by atoms with Crippen molar-refractivity contribution in [3.8, 4) is 0 Å². The van der Waals surface area contributed by atoms with Crippen LogP contribution in [0.2, 0.25) is 0 Å². The lowest BCUT2D eigenvalue weighted by Gasteiger charge is -2.13. The molecule has 0 saturated carbocycles. The molecule has 0 radical (unpaired) electrons. The molecular weight excluding hydrogens is 350 g/mol. The minimum atomic E-state index is -2.78. The lowest BCUT2D eigenvalue weighted by Crippen LogP contribution is -2.43. The highest BCUT2D eigenvalue weighted by molar-refractivity contribution is 8.00. The van der Waals surface area contributed by atoms with Gasteiger partial charge >= 0.3 is 12.6 Å². The predicted octanol–water partition coefficient (Wildman–Crippen LogP) is 3.39. The number of carbonyl (C=O) groups is 2. The summed E-state index contributed by atoms with van der Waals surface area (Å²) >= 11 is 0.879. The number of imide groups is 1. The number of fused-ring (bicyclic) bond motifs is 1. The molecule has 25 heavy (non-hydrogen) atoms. The minimum absolute atomic E-state index is 0.0291. The van der Waals surface area contributed by atoms with E-state index in [2.05, 4.69) is 15.6 Å². The molecule has 0 saturated heterocycles. The van der Waals surface area contributed by atoms with Gasteiger partial charge in [-0.1, -0.05) is 37.7 Å². The second-order valence-corrected chi connectivity index (χ2v) is 7.19. The molecule has 0 aliphatic carbocycles. The summed E-state index contributed by atoms with van der Waals surface area (Å²) in [4.78, 5) is 27.9. The zero-order valence-corrected chi connectivity index (χ0v) is 14.9. The van der Waals surface area contributed by atoms with Crippen molar-refractivity contribution in [3.05, 3.63) is 24.3 Å². The van der Waals surface area contributed by atoms with Crippen molar-refractivity contribution in [1.82, 2.24) is 20.2 Å². The van der Waals surface area contributed by atoms with Gasteiger partial charge in [-0.3, -0.25) is 14.7 Å². The Kier molecular flexibility index (Phi) is 6.35. The number of halogens is 2. The predicted molar refractivity (Wildman–Crippen MR) is 92.7 cm³/mol.